The molecule has 0 aliphatic heterocycles. The maximum absolute atomic E-state index is 10.7. The van der Waals surface area contributed by atoms with Crippen molar-refractivity contribution >= 4 is 40.8 Å². The van der Waals surface area contributed by atoms with E-state index in [4.69, 9.17) is 34.8 Å². The molecule has 0 saturated heterocycles. The van der Waals surface area contributed by atoms with E-state index in [1.807, 2.05) is 0 Å². The summed E-state index contributed by atoms with van der Waals surface area (Å²) in [5.41, 5.74) is 0. The van der Waals surface area contributed by atoms with Crippen molar-refractivity contribution in [2.75, 3.05) is 13.0 Å². The smallest absolute Gasteiger partial charge is 0.307 e. The first kappa shape index (κ1) is 12.3. The molecule has 0 saturated carbocycles. The standard InChI is InChI=1S/C7H11Cl3O2/c1-12-7(11)3-5(9)2-6(10)4-8/h5-6H,2-4H2,1H3. The van der Waals surface area contributed by atoms with Crippen LogP contribution in [-0.4, -0.2) is 29.7 Å². The molecule has 0 aromatic heterocycles. The van der Waals surface area contributed by atoms with Crippen LogP contribution in [0, 0.1) is 0 Å². The van der Waals surface area contributed by atoms with Crippen LogP contribution in [0.25, 0.3) is 0 Å². The molecule has 0 aromatic carbocycles. The van der Waals surface area contributed by atoms with Crippen LogP contribution >= 0.6 is 34.8 Å². The van der Waals surface area contributed by atoms with Crippen molar-refractivity contribution in [3.63, 3.8) is 0 Å². The number of carbonyl (C=O) groups is 1. The van der Waals surface area contributed by atoms with Gasteiger partial charge in [0.25, 0.3) is 0 Å². The topological polar surface area (TPSA) is 26.3 Å². The van der Waals surface area contributed by atoms with Crippen LogP contribution in [-0.2, 0) is 9.53 Å². The zero-order chi connectivity index (χ0) is 9.56. The Hall–Kier alpha value is 0.340. The molecule has 2 atom stereocenters. The monoisotopic (exact) mass is 232 g/mol. The van der Waals surface area contributed by atoms with Crippen LogP contribution in [0.5, 0.6) is 0 Å². The molecule has 72 valence electrons. The van der Waals surface area contributed by atoms with Crippen molar-refractivity contribution in [3.8, 4) is 0 Å². The third kappa shape index (κ3) is 5.92. The van der Waals surface area contributed by atoms with E-state index < -0.39 is 0 Å². The van der Waals surface area contributed by atoms with Crippen LogP contribution in [0.1, 0.15) is 12.8 Å². The summed E-state index contributed by atoms with van der Waals surface area (Å²) in [6.07, 6.45) is 0.694. The second-order valence-electron chi connectivity index (χ2n) is 2.36. The summed E-state index contributed by atoms with van der Waals surface area (Å²) in [7, 11) is 1.33. The van der Waals surface area contributed by atoms with Gasteiger partial charge >= 0.3 is 5.97 Å². The van der Waals surface area contributed by atoms with Gasteiger partial charge in [0.1, 0.15) is 0 Å². The van der Waals surface area contributed by atoms with E-state index in [2.05, 4.69) is 4.74 Å². The molecule has 0 amide bonds. The molecular weight excluding hydrogens is 222 g/mol. The number of rotatable bonds is 5. The van der Waals surface area contributed by atoms with Gasteiger partial charge in [0.05, 0.1) is 13.5 Å². The minimum Gasteiger partial charge on any atom is -0.469 e. The quantitative estimate of drug-likeness (QED) is 0.538. The molecule has 0 aliphatic rings. The van der Waals surface area contributed by atoms with Gasteiger partial charge in [0, 0.05) is 16.6 Å². The van der Waals surface area contributed by atoms with Crippen LogP contribution in [0.2, 0.25) is 0 Å². The average molecular weight is 234 g/mol. The molecule has 0 aromatic rings. The number of esters is 1. The second-order valence-corrected chi connectivity index (χ2v) is 3.91. The zero-order valence-electron chi connectivity index (χ0n) is 6.73. The van der Waals surface area contributed by atoms with Gasteiger partial charge < -0.3 is 4.74 Å². The fourth-order valence-electron chi connectivity index (χ4n) is 0.688. The summed E-state index contributed by atoms with van der Waals surface area (Å²) in [6.45, 7) is 0. The SMILES string of the molecule is COC(=O)CC(Cl)CC(Cl)CCl. The fraction of sp³-hybridized carbons (Fsp3) is 0.857. The van der Waals surface area contributed by atoms with Crippen LogP contribution < -0.4 is 0 Å². The van der Waals surface area contributed by atoms with Crippen molar-refractivity contribution in [1.82, 2.24) is 0 Å². The van der Waals surface area contributed by atoms with E-state index >= 15 is 0 Å². The second kappa shape index (κ2) is 6.81. The first-order chi connectivity index (χ1) is 5.60. The molecule has 2 nitrogen and oxygen atoms in total. The van der Waals surface area contributed by atoms with E-state index in [-0.39, 0.29) is 23.1 Å². The Morgan fingerprint density at radius 2 is 2.00 bits per heavy atom. The molecule has 0 rings (SSSR count). The maximum atomic E-state index is 10.7. The van der Waals surface area contributed by atoms with Gasteiger partial charge in [-0.2, -0.15) is 0 Å². The number of hydrogen-bond acceptors (Lipinski definition) is 2. The lowest BCUT2D eigenvalue weighted by atomic mass is 10.2. The maximum Gasteiger partial charge on any atom is 0.307 e. The Kier molecular flexibility index (Phi) is 7.01. The normalized spacial score (nSPS) is 15.3. The van der Waals surface area contributed by atoms with Crippen molar-refractivity contribution < 1.29 is 9.53 Å². The summed E-state index contributed by atoms with van der Waals surface area (Å²) in [4.78, 5) is 10.7. The van der Waals surface area contributed by atoms with Crippen molar-refractivity contribution in [3.05, 3.63) is 0 Å². The highest BCUT2D eigenvalue weighted by atomic mass is 35.5. The summed E-state index contributed by atoms with van der Waals surface area (Å²) in [5, 5.41) is -0.475. The summed E-state index contributed by atoms with van der Waals surface area (Å²) >= 11 is 17.0. The van der Waals surface area contributed by atoms with Gasteiger partial charge in [0.2, 0.25) is 0 Å². The average Bonchev–Trinajstić information content (AvgIpc) is 2.03. The highest BCUT2D eigenvalue weighted by Crippen LogP contribution is 2.15. The Balaban J connectivity index is 3.58. The van der Waals surface area contributed by atoms with Gasteiger partial charge in [-0.3, -0.25) is 4.79 Å². The Morgan fingerprint density at radius 3 is 2.42 bits per heavy atom. The predicted molar refractivity (Wildman–Crippen MR) is 51.3 cm³/mol. The summed E-state index contributed by atoms with van der Waals surface area (Å²) < 4.78 is 4.44. The number of hydrogen-bond donors (Lipinski definition) is 0. The lowest BCUT2D eigenvalue weighted by Gasteiger charge is -2.10. The van der Waals surface area contributed by atoms with Gasteiger partial charge in [0.15, 0.2) is 0 Å². The molecule has 12 heavy (non-hydrogen) atoms. The van der Waals surface area contributed by atoms with Crippen molar-refractivity contribution in [1.29, 1.82) is 0 Å². The van der Waals surface area contributed by atoms with Gasteiger partial charge in [-0.15, -0.1) is 34.8 Å². The fourth-order valence-corrected chi connectivity index (χ4v) is 1.46. The first-order valence-corrected chi connectivity index (χ1v) is 4.91. The van der Waals surface area contributed by atoms with E-state index in [9.17, 15) is 4.79 Å². The highest BCUT2D eigenvalue weighted by Gasteiger charge is 2.15. The van der Waals surface area contributed by atoms with Gasteiger partial charge in [-0.1, -0.05) is 0 Å². The molecule has 0 aliphatic carbocycles. The molecule has 0 bridgehead atoms. The lowest BCUT2D eigenvalue weighted by molar-refractivity contribution is -0.140. The molecular formula is C7H11Cl3O2. The number of ether oxygens (including phenoxy) is 1. The third-order valence-corrected chi connectivity index (χ3v) is 2.49. The van der Waals surface area contributed by atoms with E-state index in [1.54, 1.807) is 0 Å². The molecule has 0 fully saturated rings. The van der Waals surface area contributed by atoms with E-state index in [1.165, 1.54) is 7.11 Å². The minimum absolute atomic E-state index is 0.179. The number of alkyl halides is 3. The third-order valence-electron chi connectivity index (χ3n) is 1.29. The molecule has 0 N–H and O–H groups in total. The minimum atomic E-state index is -0.326. The van der Waals surface area contributed by atoms with E-state index in [0.29, 0.717) is 12.3 Å². The molecule has 0 radical (unpaired) electrons. The van der Waals surface area contributed by atoms with Gasteiger partial charge in [-0.05, 0) is 6.42 Å². The molecule has 5 heteroatoms. The molecule has 0 spiro atoms. The number of halogens is 3. The highest BCUT2D eigenvalue weighted by molar-refractivity contribution is 6.29. The largest absolute Gasteiger partial charge is 0.469 e. The first-order valence-electron chi connectivity index (χ1n) is 3.51. The van der Waals surface area contributed by atoms with Crippen LogP contribution in [0.4, 0.5) is 0 Å². The van der Waals surface area contributed by atoms with Crippen LogP contribution in [0.3, 0.4) is 0 Å². The Morgan fingerprint density at radius 1 is 1.42 bits per heavy atom. The lowest BCUT2D eigenvalue weighted by Crippen LogP contribution is -2.15. The zero-order valence-corrected chi connectivity index (χ0v) is 8.99. The van der Waals surface area contributed by atoms with E-state index in [0.717, 1.165) is 0 Å². The molecule has 2 unspecified atom stereocenters. The molecule has 0 heterocycles. The predicted octanol–water partition coefficient (Wildman–Crippen LogP) is 2.39. The van der Waals surface area contributed by atoms with Crippen molar-refractivity contribution in [2.45, 2.75) is 23.6 Å². The summed E-state index contributed by atoms with van der Waals surface area (Å²) in [5.74, 6) is 0.0137. The Bertz CT molecular complexity index is 141. The summed E-state index contributed by atoms with van der Waals surface area (Å²) in [6, 6.07) is 0. The van der Waals surface area contributed by atoms with Gasteiger partial charge in [-0.25, -0.2) is 0 Å². The number of carbonyl (C=O) groups excluding carboxylic acids is 1. The van der Waals surface area contributed by atoms with Crippen molar-refractivity contribution in [2.24, 2.45) is 0 Å². The van der Waals surface area contributed by atoms with Crippen LogP contribution in [0.15, 0.2) is 0 Å². The Labute approximate surface area is 87.1 Å². The number of methoxy groups -OCH3 is 1.